The molecule has 24 heavy (non-hydrogen) atoms. The zero-order valence-corrected chi connectivity index (χ0v) is 15.1. The molecule has 1 atom stereocenters. The van der Waals surface area contributed by atoms with E-state index in [1.807, 2.05) is 22.5 Å². The molecule has 0 radical (unpaired) electrons. The number of aromatic nitrogens is 5. The summed E-state index contributed by atoms with van der Waals surface area (Å²) in [4.78, 5) is 2.31. The molecular weight excluding hydrogens is 304 g/mol. The van der Waals surface area contributed by atoms with Gasteiger partial charge in [0.15, 0.2) is 0 Å². The maximum Gasteiger partial charge on any atom is 0.135 e. The Hall–Kier alpha value is -1.73. The van der Waals surface area contributed by atoms with Gasteiger partial charge in [-0.1, -0.05) is 0 Å². The number of hydrogen-bond acceptors (Lipinski definition) is 5. The van der Waals surface area contributed by atoms with Gasteiger partial charge in [0.05, 0.1) is 17.3 Å². The molecule has 1 aliphatic rings. The van der Waals surface area contributed by atoms with Crippen molar-refractivity contribution in [3.8, 4) is 0 Å². The molecule has 7 heteroatoms. The van der Waals surface area contributed by atoms with E-state index in [4.69, 9.17) is 0 Å². The first-order valence-corrected chi connectivity index (χ1v) is 8.57. The van der Waals surface area contributed by atoms with Gasteiger partial charge in [0, 0.05) is 38.3 Å². The summed E-state index contributed by atoms with van der Waals surface area (Å²) < 4.78 is 3.88. The Kier molecular flexibility index (Phi) is 4.48. The number of likely N-dealkylation sites (tertiary alicyclic amines) is 1. The molecule has 1 saturated heterocycles. The number of nitrogens with zero attached hydrogens (tertiary/aromatic N) is 6. The van der Waals surface area contributed by atoms with Crippen LogP contribution in [0.5, 0.6) is 0 Å². The normalized spacial score (nSPS) is 22.9. The summed E-state index contributed by atoms with van der Waals surface area (Å²) in [5, 5.41) is 23.5. The van der Waals surface area contributed by atoms with E-state index in [1.54, 1.807) is 6.33 Å². The summed E-state index contributed by atoms with van der Waals surface area (Å²) in [5.41, 5.74) is 0.443. The molecule has 0 spiro atoms. The molecule has 132 valence electrons. The van der Waals surface area contributed by atoms with E-state index in [1.165, 1.54) is 5.56 Å². The molecule has 0 bridgehead atoms. The zero-order chi connectivity index (χ0) is 17.4. The SMILES string of the molecule is Cn1cnnc1CC1(O)CCCN(Cc2cnn(C(C)(C)C)c2)C1. The smallest absolute Gasteiger partial charge is 0.135 e. The Morgan fingerprint density at radius 3 is 2.75 bits per heavy atom. The summed E-state index contributed by atoms with van der Waals surface area (Å²) in [5.74, 6) is 0.833. The molecule has 1 N–H and O–H groups in total. The van der Waals surface area contributed by atoms with Crippen LogP contribution in [0, 0.1) is 0 Å². The predicted molar refractivity (Wildman–Crippen MR) is 91.4 cm³/mol. The van der Waals surface area contributed by atoms with E-state index in [0.29, 0.717) is 13.0 Å². The second-order valence-electron chi connectivity index (χ2n) is 8.04. The van der Waals surface area contributed by atoms with Gasteiger partial charge in [0.1, 0.15) is 12.2 Å². The van der Waals surface area contributed by atoms with Crippen LogP contribution >= 0.6 is 0 Å². The molecule has 1 unspecified atom stereocenters. The van der Waals surface area contributed by atoms with Crippen LogP contribution in [0.3, 0.4) is 0 Å². The monoisotopic (exact) mass is 332 g/mol. The van der Waals surface area contributed by atoms with Gasteiger partial charge in [-0.2, -0.15) is 5.10 Å². The van der Waals surface area contributed by atoms with Gasteiger partial charge in [-0.05, 0) is 40.2 Å². The standard InChI is InChI=1S/C17H28N6O/c1-16(2,3)23-11-14(9-19-23)10-22-7-5-6-17(24,12-22)8-15-20-18-13-21(15)4/h9,11,13,24H,5-8,10,12H2,1-4H3. The van der Waals surface area contributed by atoms with Crippen molar-refractivity contribution in [3.05, 3.63) is 30.1 Å². The minimum Gasteiger partial charge on any atom is -0.388 e. The Morgan fingerprint density at radius 2 is 2.12 bits per heavy atom. The molecule has 0 saturated carbocycles. The highest BCUT2D eigenvalue weighted by Gasteiger charge is 2.34. The topological polar surface area (TPSA) is 72.0 Å². The van der Waals surface area contributed by atoms with Crippen molar-refractivity contribution in [3.63, 3.8) is 0 Å². The molecule has 2 aromatic heterocycles. The summed E-state index contributed by atoms with van der Waals surface area (Å²) in [7, 11) is 1.92. The molecule has 1 aliphatic heterocycles. The van der Waals surface area contributed by atoms with Crippen LogP contribution in [0.25, 0.3) is 0 Å². The first-order chi connectivity index (χ1) is 11.3. The maximum atomic E-state index is 11.0. The highest BCUT2D eigenvalue weighted by Crippen LogP contribution is 2.26. The van der Waals surface area contributed by atoms with Crippen LogP contribution in [-0.4, -0.2) is 53.2 Å². The van der Waals surface area contributed by atoms with E-state index in [2.05, 4.69) is 47.2 Å². The van der Waals surface area contributed by atoms with Crippen LogP contribution in [0.4, 0.5) is 0 Å². The molecule has 0 aliphatic carbocycles. The van der Waals surface area contributed by atoms with E-state index in [0.717, 1.165) is 31.8 Å². The van der Waals surface area contributed by atoms with Crippen LogP contribution < -0.4 is 0 Å². The molecule has 3 heterocycles. The van der Waals surface area contributed by atoms with E-state index in [9.17, 15) is 5.11 Å². The van der Waals surface area contributed by atoms with Crippen LogP contribution in [0.2, 0.25) is 0 Å². The van der Waals surface area contributed by atoms with Crippen LogP contribution in [-0.2, 0) is 25.6 Å². The Morgan fingerprint density at radius 1 is 1.33 bits per heavy atom. The lowest BCUT2D eigenvalue weighted by molar-refractivity contribution is -0.0344. The Bertz CT molecular complexity index is 685. The number of aliphatic hydroxyl groups is 1. The number of β-amino-alcohol motifs (C(OH)–C–C–N with tert-alkyl or cyclic N) is 1. The maximum absolute atomic E-state index is 11.0. The van der Waals surface area contributed by atoms with Crippen molar-refractivity contribution in [1.82, 2.24) is 29.4 Å². The molecule has 7 nitrogen and oxygen atoms in total. The van der Waals surface area contributed by atoms with Crippen molar-refractivity contribution < 1.29 is 5.11 Å². The molecule has 0 aromatic carbocycles. The van der Waals surface area contributed by atoms with E-state index >= 15 is 0 Å². The zero-order valence-electron chi connectivity index (χ0n) is 15.1. The first-order valence-electron chi connectivity index (χ1n) is 8.57. The fourth-order valence-electron chi connectivity index (χ4n) is 3.31. The third-order valence-corrected chi connectivity index (χ3v) is 4.66. The van der Waals surface area contributed by atoms with Gasteiger partial charge in [0.2, 0.25) is 0 Å². The predicted octanol–water partition coefficient (Wildman–Crippen LogP) is 1.34. The van der Waals surface area contributed by atoms with Gasteiger partial charge in [-0.25, -0.2) is 0 Å². The van der Waals surface area contributed by atoms with Gasteiger partial charge in [-0.3, -0.25) is 9.58 Å². The van der Waals surface area contributed by atoms with Crippen molar-refractivity contribution in [1.29, 1.82) is 0 Å². The molecule has 0 amide bonds. The number of rotatable bonds is 4. The average Bonchev–Trinajstić information content (AvgIpc) is 3.08. The van der Waals surface area contributed by atoms with Crippen molar-refractivity contribution in [2.75, 3.05) is 13.1 Å². The third kappa shape index (κ3) is 3.84. The quantitative estimate of drug-likeness (QED) is 0.915. The van der Waals surface area contributed by atoms with Crippen LogP contribution in [0.1, 0.15) is 45.0 Å². The highest BCUT2D eigenvalue weighted by atomic mass is 16.3. The molecule has 3 rings (SSSR count). The first kappa shape index (κ1) is 17.1. The fourth-order valence-corrected chi connectivity index (χ4v) is 3.31. The Labute approximate surface area is 143 Å². The second-order valence-corrected chi connectivity index (χ2v) is 8.04. The lowest BCUT2D eigenvalue weighted by Gasteiger charge is -2.38. The minimum atomic E-state index is -0.737. The van der Waals surface area contributed by atoms with Crippen molar-refractivity contribution in [2.24, 2.45) is 7.05 Å². The molecular formula is C17H28N6O. The fraction of sp³-hybridized carbons (Fsp3) is 0.706. The summed E-state index contributed by atoms with van der Waals surface area (Å²) in [6.07, 6.45) is 8.05. The van der Waals surface area contributed by atoms with Crippen molar-refractivity contribution >= 4 is 0 Å². The molecule has 2 aromatic rings. The average molecular weight is 332 g/mol. The van der Waals surface area contributed by atoms with E-state index in [-0.39, 0.29) is 5.54 Å². The minimum absolute atomic E-state index is 0.00785. The van der Waals surface area contributed by atoms with Crippen LogP contribution in [0.15, 0.2) is 18.7 Å². The summed E-state index contributed by atoms with van der Waals surface area (Å²) >= 11 is 0. The third-order valence-electron chi connectivity index (χ3n) is 4.66. The van der Waals surface area contributed by atoms with E-state index < -0.39 is 5.60 Å². The number of aryl methyl sites for hydroxylation is 1. The van der Waals surface area contributed by atoms with Gasteiger partial charge in [-0.15, -0.1) is 10.2 Å². The van der Waals surface area contributed by atoms with Gasteiger partial charge < -0.3 is 9.67 Å². The second kappa shape index (κ2) is 6.29. The highest BCUT2D eigenvalue weighted by molar-refractivity contribution is 5.07. The van der Waals surface area contributed by atoms with Gasteiger partial charge >= 0.3 is 0 Å². The number of piperidine rings is 1. The lowest BCUT2D eigenvalue weighted by atomic mass is 9.89. The summed E-state index contributed by atoms with van der Waals surface area (Å²) in [6, 6.07) is 0. The summed E-state index contributed by atoms with van der Waals surface area (Å²) in [6.45, 7) is 8.90. The molecule has 1 fully saturated rings. The van der Waals surface area contributed by atoms with Crippen molar-refractivity contribution in [2.45, 2.75) is 57.7 Å². The number of hydrogen-bond donors (Lipinski definition) is 1. The largest absolute Gasteiger partial charge is 0.388 e. The lowest BCUT2D eigenvalue weighted by Crippen LogP contribution is -2.49. The van der Waals surface area contributed by atoms with Gasteiger partial charge in [0.25, 0.3) is 0 Å². The Balaban J connectivity index is 1.65.